The number of benzene rings is 2. The molecule has 9 nitrogen and oxygen atoms in total. The van der Waals surface area contributed by atoms with Gasteiger partial charge in [0.2, 0.25) is 5.91 Å². The molecule has 0 radical (unpaired) electrons. The van der Waals surface area contributed by atoms with E-state index in [0.29, 0.717) is 46.8 Å². The Kier molecular flexibility index (Phi) is 5.68. The van der Waals surface area contributed by atoms with Crippen LogP contribution in [-0.2, 0) is 21.7 Å². The number of hydrogen-bond acceptors (Lipinski definition) is 7. The summed E-state index contributed by atoms with van der Waals surface area (Å²) in [4.78, 5) is 45.8. The lowest BCUT2D eigenvalue weighted by atomic mass is 9.91. The molecule has 1 aromatic heterocycles. The predicted octanol–water partition coefficient (Wildman–Crippen LogP) is 3.87. The van der Waals surface area contributed by atoms with Crippen molar-refractivity contribution in [3.05, 3.63) is 64.7 Å². The van der Waals surface area contributed by atoms with E-state index in [-0.39, 0.29) is 12.5 Å². The molecule has 1 fully saturated rings. The topological polar surface area (TPSA) is 101 Å². The molecule has 1 N–H and O–H groups in total. The van der Waals surface area contributed by atoms with Crippen molar-refractivity contribution in [1.82, 2.24) is 15.2 Å². The molecule has 3 heterocycles. The van der Waals surface area contributed by atoms with E-state index in [1.807, 2.05) is 31.2 Å². The van der Waals surface area contributed by atoms with E-state index in [4.69, 9.17) is 9.47 Å². The molecule has 1 atom stereocenters. The Morgan fingerprint density at radius 1 is 1.17 bits per heavy atom. The van der Waals surface area contributed by atoms with Gasteiger partial charge in [-0.25, -0.2) is 9.78 Å². The summed E-state index contributed by atoms with van der Waals surface area (Å²) in [5.74, 6) is 0.574. The van der Waals surface area contributed by atoms with Crippen LogP contribution in [0.15, 0.2) is 47.8 Å². The third-order valence-corrected chi connectivity index (χ3v) is 6.89. The summed E-state index contributed by atoms with van der Waals surface area (Å²) in [6, 6.07) is 12.3. The zero-order valence-electron chi connectivity index (χ0n) is 19.5. The number of nitrogens with one attached hydrogen (secondary N) is 1. The van der Waals surface area contributed by atoms with Gasteiger partial charge in [-0.3, -0.25) is 19.4 Å². The number of anilines is 2. The molecular weight excluding hydrogens is 468 g/mol. The molecule has 5 rings (SSSR count). The van der Waals surface area contributed by atoms with Crippen molar-refractivity contribution in [2.75, 3.05) is 18.1 Å². The average molecular weight is 493 g/mol. The highest BCUT2D eigenvalue weighted by molar-refractivity contribution is 7.14. The van der Waals surface area contributed by atoms with Crippen LogP contribution in [0.4, 0.5) is 15.6 Å². The summed E-state index contributed by atoms with van der Waals surface area (Å²) in [6.45, 7) is 5.96. The molecular formula is C25H24N4O5S. The first-order chi connectivity index (χ1) is 16.8. The van der Waals surface area contributed by atoms with Crippen LogP contribution in [0, 0.1) is 6.92 Å². The van der Waals surface area contributed by atoms with E-state index in [1.165, 1.54) is 23.2 Å². The fourth-order valence-corrected chi connectivity index (χ4v) is 5.10. The van der Waals surface area contributed by atoms with Crippen LogP contribution in [-0.4, -0.2) is 40.9 Å². The second-order valence-electron chi connectivity index (χ2n) is 8.62. The number of thiazole rings is 1. The van der Waals surface area contributed by atoms with Gasteiger partial charge in [0, 0.05) is 12.3 Å². The number of nitrogens with zero attached hydrogens (tertiary/aromatic N) is 3. The van der Waals surface area contributed by atoms with E-state index in [0.717, 1.165) is 10.5 Å². The molecule has 1 saturated heterocycles. The van der Waals surface area contributed by atoms with Crippen LogP contribution >= 0.6 is 11.3 Å². The lowest BCUT2D eigenvalue weighted by molar-refractivity contribution is -0.131. The minimum absolute atomic E-state index is 0.0130. The predicted molar refractivity (Wildman–Crippen MR) is 130 cm³/mol. The van der Waals surface area contributed by atoms with Gasteiger partial charge in [-0.1, -0.05) is 18.2 Å². The van der Waals surface area contributed by atoms with E-state index in [2.05, 4.69) is 10.3 Å². The Hall–Kier alpha value is -3.92. The zero-order valence-corrected chi connectivity index (χ0v) is 20.3. The maximum atomic E-state index is 13.4. The number of fused-ring (bicyclic) bond motifs is 1. The normalized spacial score (nSPS) is 19.0. The Labute approximate surface area is 206 Å². The summed E-state index contributed by atoms with van der Waals surface area (Å²) in [5.41, 5.74) is 1.59. The van der Waals surface area contributed by atoms with Crippen LogP contribution in [0.25, 0.3) is 0 Å². The fraction of sp³-hybridized carbons (Fsp3) is 0.280. The van der Waals surface area contributed by atoms with Gasteiger partial charge in [0.15, 0.2) is 16.6 Å². The van der Waals surface area contributed by atoms with Crippen molar-refractivity contribution < 1.29 is 23.9 Å². The van der Waals surface area contributed by atoms with Crippen molar-refractivity contribution in [3.8, 4) is 11.5 Å². The molecule has 0 aliphatic carbocycles. The monoisotopic (exact) mass is 492 g/mol. The molecule has 35 heavy (non-hydrogen) atoms. The first kappa shape index (κ1) is 22.9. The number of ether oxygens (including phenoxy) is 2. The fourth-order valence-electron chi connectivity index (χ4n) is 4.22. The van der Waals surface area contributed by atoms with Gasteiger partial charge < -0.3 is 14.8 Å². The molecule has 10 heteroatoms. The molecule has 4 amide bonds. The third-order valence-electron chi connectivity index (χ3n) is 6.02. The lowest BCUT2D eigenvalue weighted by Crippen LogP contribution is -2.41. The number of urea groups is 1. The summed E-state index contributed by atoms with van der Waals surface area (Å²) in [6.07, 6.45) is 0. The molecule has 1 unspecified atom stereocenters. The maximum absolute atomic E-state index is 13.4. The number of amides is 4. The second kappa shape index (κ2) is 8.70. The van der Waals surface area contributed by atoms with Gasteiger partial charge in [0.1, 0.15) is 18.8 Å². The highest BCUT2D eigenvalue weighted by atomic mass is 32.1. The number of carbonyl (C=O) groups is 3. The Bertz CT molecular complexity index is 1340. The highest BCUT2D eigenvalue weighted by Crippen LogP contribution is 2.37. The molecule has 180 valence electrons. The maximum Gasteiger partial charge on any atom is 0.325 e. The summed E-state index contributed by atoms with van der Waals surface area (Å²) < 4.78 is 11.2. The van der Waals surface area contributed by atoms with Crippen molar-refractivity contribution in [2.24, 2.45) is 0 Å². The standard InChI is InChI=1S/C25H24N4O5S/c1-15-5-4-6-19(11-15)29(16(2)30)24-26-18(14-35-24)13-28-22(31)25(3,27-23(28)32)17-7-8-20-21(12-17)34-10-9-33-20/h4-8,11-12,14H,9-10,13H2,1-3H3,(H,27,32). The quantitative estimate of drug-likeness (QED) is 0.543. The van der Waals surface area contributed by atoms with Gasteiger partial charge in [0.05, 0.1) is 17.9 Å². The van der Waals surface area contributed by atoms with E-state index >= 15 is 0 Å². The smallest absolute Gasteiger partial charge is 0.325 e. The van der Waals surface area contributed by atoms with Gasteiger partial charge in [-0.05, 0) is 49.2 Å². The number of hydrogen-bond donors (Lipinski definition) is 1. The first-order valence-electron chi connectivity index (χ1n) is 11.1. The number of carbonyl (C=O) groups excluding carboxylic acids is 3. The van der Waals surface area contributed by atoms with Crippen LogP contribution in [0.2, 0.25) is 0 Å². The lowest BCUT2D eigenvalue weighted by Gasteiger charge is -2.25. The van der Waals surface area contributed by atoms with E-state index in [9.17, 15) is 14.4 Å². The molecule has 2 aliphatic rings. The zero-order chi connectivity index (χ0) is 24.7. The number of imide groups is 1. The Morgan fingerprint density at radius 3 is 2.69 bits per heavy atom. The largest absolute Gasteiger partial charge is 0.486 e. The van der Waals surface area contributed by atoms with Gasteiger partial charge in [-0.2, -0.15) is 0 Å². The van der Waals surface area contributed by atoms with Crippen molar-refractivity contribution in [1.29, 1.82) is 0 Å². The first-order valence-corrected chi connectivity index (χ1v) is 12.0. The Morgan fingerprint density at radius 2 is 1.94 bits per heavy atom. The van der Waals surface area contributed by atoms with E-state index < -0.39 is 17.5 Å². The van der Waals surface area contributed by atoms with Crippen LogP contribution in [0.1, 0.15) is 30.7 Å². The van der Waals surface area contributed by atoms with E-state index in [1.54, 1.807) is 30.5 Å². The summed E-state index contributed by atoms with van der Waals surface area (Å²) >= 11 is 1.28. The van der Waals surface area contributed by atoms with Crippen LogP contribution < -0.4 is 19.7 Å². The molecule has 0 saturated carbocycles. The minimum Gasteiger partial charge on any atom is -0.486 e. The SMILES string of the molecule is CC(=O)N(c1cccc(C)c1)c1nc(CN2C(=O)NC(C)(c3ccc4c(c3)OCCO4)C2=O)cs1. The second-order valence-corrected chi connectivity index (χ2v) is 9.46. The third kappa shape index (κ3) is 4.10. The number of rotatable bonds is 5. The minimum atomic E-state index is -1.25. The van der Waals surface area contributed by atoms with Crippen molar-refractivity contribution in [2.45, 2.75) is 32.9 Å². The molecule has 2 aliphatic heterocycles. The molecule has 0 spiro atoms. The van der Waals surface area contributed by atoms with Crippen molar-refractivity contribution in [3.63, 3.8) is 0 Å². The van der Waals surface area contributed by atoms with Gasteiger partial charge in [0.25, 0.3) is 5.91 Å². The number of aryl methyl sites for hydroxylation is 1. The average Bonchev–Trinajstić information content (AvgIpc) is 3.37. The van der Waals surface area contributed by atoms with Gasteiger partial charge in [-0.15, -0.1) is 11.3 Å². The molecule has 0 bridgehead atoms. The number of aromatic nitrogens is 1. The van der Waals surface area contributed by atoms with Gasteiger partial charge >= 0.3 is 6.03 Å². The van der Waals surface area contributed by atoms with Crippen molar-refractivity contribution >= 4 is 40.0 Å². The van der Waals surface area contributed by atoms with Crippen LogP contribution in [0.5, 0.6) is 11.5 Å². The molecule has 3 aromatic rings. The van der Waals surface area contributed by atoms with Crippen LogP contribution in [0.3, 0.4) is 0 Å². The highest BCUT2D eigenvalue weighted by Gasteiger charge is 2.49. The summed E-state index contributed by atoms with van der Waals surface area (Å²) in [7, 11) is 0. The molecule has 2 aromatic carbocycles. The Balaban J connectivity index is 1.38. The summed E-state index contributed by atoms with van der Waals surface area (Å²) in [5, 5.41) is 5.03.